The molecule has 0 aromatic heterocycles. The third kappa shape index (κ3) is 3.15. The number of ether oxygens (including phenoxy) is 3. The number of benzene rings is 1. The minimum Gasteiger partial charge on any atom is -0.493 e. The summed E-state index contributed by atoms with van der Waals surface area (Å²) in [5, 5.41) is 0. The van der Waals surface area contributed by atoms with Crippen molar-refractivity contribution in [1.29, 1.82) is 0 Å². The molecule has 2 atom stereocenters. The zero-order valence-electron chi connectivity index (χ0n) is 11.0. The third-order valence-corrected chi connectivity index (χ3v) is 3.20. The van der Waals surface area contributed by atoms with Gasteiger partial charge in [-0.25, -0.2) is 0 Å². The number of nitrogens with two attached hydrogens (primary N) is 1. The highest BCUT2D eigenvalue weighted by atomic mass is 16.6. The van der Waals surface area contributed by atoms with Gasteiger partial charge in [0.2, 0.25) is 0 Å². The maximum Gasteiger partial charge on any atom is 0.161 e. The van der Waals surface area contributed by atoms with Crippen molar-refractivity contribution in [2.24, 2.45) is 5.73 Å². The zero-order chi connectivity index (χ0) is 13.0. The fraction of sp³-hybridized carbons (Fsp3) is 0.571. The number of hydrogen-bond acceptors (Lipinski definition) is 4. The smallest absolute Gasteiger partial charge is 0.161 e. The molecule has 0 aliphatic carbocycles. The maximum atomic E-state index is 5.77. The van der Waals surface area contributed by atoms with E-state index >= 15 is 0 Å². The Morgan fingerprint density at radius 3 is 2.72 bits per heavy atom. The van der Waals surface area contributed by atoms with Gasteiger partial charge in [0.1, 0.15) is 6.61 Å². The van der Waals surface area contributed by atoms with E-state index < -0.39 is 0 Å². The molecule has 2 unspecified atom stereocenters. The van der Waals surface area contributed by atoms with Crippen molar-refractivity contribution < 1.29 is 14.2 Å². The van der Waals surface area contributed by atoms with E-state index in [0.29, 0.717) is 13.2 Å². The fourth-order valence-corrected chi connectivity index (χ4v) is 2.15. The highest BCUT2D eigenvalue weighted by Gasteiger charge is 2.24. The summed E-state index contributed by atoms with van der Waals surface area (Å²) in [5.74, 6) is 1.53. The molecule has 0 spiro atoms. The molecular weight excluding hydrogens is 230 g/mol. The Morgan fingerprint density at radius 1 is 1.28 bits per heavy atom. The first-order chi connectivity index (χ1) is 8.72. The molecule has 18 heavy (non-hydrogen) atoms. The number of aryl methyl sites for hydroxylation is 1. The van der Waals surface area contributed by atoms with Crippen LogP contribution in [-0.4, -0.2) is 32.5 Å². The molecule has 4 heteroatoms. The van der Waals surface area contributed by atoms with Crippen LogP contribution in [0.25, 0.3) is 0 Å². The van der Waals surface area contributed by atoms with E-state index in [0.717, 1.165) is 29.9 Å². The first-order valence-corrected chi connectivity index (χ1v) is 6.36. The van der Waals surface area contributed by atoms with Crippen molar-refractivity contribution in [3.05, 3.63) is 23.8 Å². The van der Waals surface area contributed by atoms with Crippen LogP contribution in [0.3, 0.4) is 0 Å². The molecule has 1 heterocycles. The van der Waals surface area contributed by atoms with Crippen molar-refractivity contribution >= 4 is 0 Å². The molecule has 0 bridgehead atoms. The van der Waals surface area contributed by atoms with Crippen molar-refractivity contribution in [2.75, 3.05) is 20.3 Å². The van der Waals surface area contributed by atoms with Crippen molar-refractivity contribution in [2.45, 2.75) is 32.0 Å². The van der Waals surface area contributed by atoms with Gasteiger partial charge >= 0.3 is 0 Å². The predicted octanol–water partition coefficient (Wildman–Crippen LogP) is 1.89. The van der Waals surface area contributed by atoms with Crippen LogP contribution in [0.1, 0.15) is 18.4 Å². The lowest BCUT2D eigenvalue weighted by Gasteiger charge is -2.15. The van der Waals surface area contributed by atoms with Crippen LogP contribution in [0.15, 0.2) is 18.2 Å². The van der Waals surface area contributed by atoms with Gasteiger partial charge in [-0.15, -0.1) is 0 Å². The molecule has 0 radical (unpaired) electrons. The number of rotatable bonds is 5. The van der Waals surface area contributed by atoms with Gasteiger partial charge in [-0.1, -0.05) is 6.07 Å². The van der Waals surface area contributed by atoms with Crippen LogP contribution in [0.2, 0.25) is 0 Å². The van der Waals surface area contributed by atoms with Crippen LogP contribution in [-0.2, 0) is 4.74 Å². The summed E-state index contributed by atoms with van der Waals surface area (Å²) in [5.41, 5.74) is 6.73. The third-order valence-electron chi connectivity index (χ3n) is 3.20. The summed E-state index contributed by atoms with van der Waals surface area (Å²) >= 11 is 0. The van der Waals surface area contributed by atoms with Crippen LogP contribution < -0.4 is 15.2 Å². The minimum atomic E-state index is 0.143. The van der Waals surface area contributed by atoms with Crippen molar-refractivity contribution in [3.63, 3.8) is 0 Å². The Kier molecular flexibility index (Phi) is 4.44. The van der Waals surface area contributed by atoms with E-state index in [1.54, 1.807) is 7.11 Å². The number of hydrogen-bond donors (Lipinski definition) is 1. The molecule has 0 saturated carbocycles. The second kappa shape index (κ2) is 6.07. The van der Waals surface area contributed by atoms with E-state index in [9.17, 15) is 0 Å². The van der Waals surface area contributed by atoms with Gasteiger partial charge in [0.25, 0.3) is 0 Å². The standard InChI is InChI=1S/C14H21NO3/c1-10-3-6-13(14(7-10)16-2)17-9-12-5-4-11(8-15)18-12/h3,6-7,11-12H,4-5,8-9,15H2,1-2H3. The Balaban J connectivity index is 1.90. The fourth-order valence-electron chi connectivity index (χ4n) is 2.15. The SMILES string of the molecule is COc1cc(C)ccc1OCC1CCC(CN)O1. The topological polar surface area (TPSA) is 53.7 Å². The summed E-state index contributed by atoms with van der Waals surface area (Å²) in [6.07, 6.45) is 2.37. The van der Waals surface area contributed by atoms with E-state index in [-0.39, 0.29) is 12.2 Å². The highest BCUT2D eigenvalue weighted by molar-refractivity contribution is 5.42. The molecule has 1 saturated heterocycles. The van der Waals surface area contributed by atoms with Gasteiger partial charge in [0.05, 0.1) is 19.3 Å². The summed E-state index contributed by atoms with van der Waals surface area (Å²) < 4.78 is 16.8. The molecule has 2 rings (SSSR count). The lowest BCUT2D eigenvalue weighted by molar-refractivity contribution is 0.0217. The molecule has 1 aliphatic rings. The van der Waals surface area contributed by atoms with Crippen LogP contribution in [0.4, 0.5) is 0 Å². The van der Waals surface area contributed by atoms with Gasteiger partial charge in [-0.3, -0.25) is 0 Å². The van der Waals surface area contributed by atoms with Gasteiger partial charge in [0, 0.05) is 6.54 Å². The molecular formula is C14H21NO3. The summed E-state index contributed by atoms with van der Waals surface area (Å²) in [4.78, 5) is 0. The maximum absolute atomic E-state index is 5.77. The van der Waals surface area contributed by atoms with Crippen LogP contribution >= 0.6 is 0 Å². The largest absolute Gasteiger partial charge is 0.493 e. The molecule has 4 nitrogen and oxygen atoms in total. The molecule has 100 valence electrons. The highest BCUT2D eigenvalue weighted by Crippen LogP contribution is 2.29. The van der Waals surface area contributed by atoms with E-state index in [2.05, 4.69) is 0 Å². The summed E-state index contributed by atoms with van der Waals surface area (Å²) in [6.45, 7) is 3.17. The predicted molar refractivity (Wildman–Crippen MR) is 70.2 cm³/mol. The normalized spacial score (nSPS) is 23.1. The molecule has 1 aromatic rings. The van der Waals surface area contributed by atoms with E-state index in [4.69, 9.17) is 19.9 Å². The Hall–Kier alpha value is -1.26. The molecule has 1 aromatic carbocycles. The van der Waals surface area contributed by atoms with Gasteiger partial charge < -0.3 is 19.9 Å². The van der Waals surface area contributed by atoms with Gasteiger partial charge in [-0.05, 0) is 37.5 Å². The minimum absolute atomic E-state index is 0.143. The lowest BCUT2D eigenvalue weighted by atomic mass is 10.2. The number of methoxy groups -OCH3 is 1. The van der Waals surface area contributed by atoms with E-state index in [1.165, 1.54) is 0 Å². The molecule has 1 aliphatic heterocycles. The Morgan fingerprint density at radius 2 is 2.06 bits per heavy atom. The average molecular weight is 251 g/mol. The lowest BCUT2D eigenvalue weighted by Crippen LogP contribution is -2.23. The van der Waals surface area contributed by atoms with Gasteiger partial charge in [0.15, 0.2) is 11.5 Å². The quantitative estimate of drug-likeness (QED) is 0.868. The molecule has 0 amide bonds. The first kappa shape index (κ1) is 13.2. The average Bonchev–Trinajstić information content (AvgIpc) is 2.85. The van der Waals surface area contributed by atoms with Crippen LogP contribution in [0, 0.1) is 6.92 Å². The second-order valence-electron chi connectivity index (χ2n) is 4.66. The summed E-state index contributed by atoms with van der Waals surface area (Å²) in [6, 6.07) is 5.91. The summed E-state index contributed by atoms with van der Waals surface area (Å²) in [7, 11) is 1.65. The van der Waals surface area contributed by atoms with Crippen molar-refractivity contribution in [3.8, 4) is 11.5 Å². The van der Waals surface area contributed by atoms with Gasteiger partial charge in [-0.2, -0.15) is 0 Å². The van der Waals surface area contributed by atoms with E-state index in [1.807, 2.05) is 25.1 Å². The zero-order valence-corrected chi connectivity index (χ0v) is 11.0. The Bertz CT molecular complexity index is 395. The Labute approximate surface area is 108 Å². The van der Waals surface area contributed by atoms with Crippen molar-refractivity contribution in [1.82, 2.24) is 0 Å². The monoisotopic (exact) mass is 251 g/mol. The van der Waals surface area contributed by atoms with Crippen LogP contribution in [0.5, 0.6) is 11.5 Å². The first-order valence-electron chi connectivity index (χ1n) is 6.36. The second-order valence-corrected chi connectivity index (χ2v) is 4.66. The molecule has 1 fully saturated rings. The molecule has 2 N–H and O–H groups in total.